The van der Waals surface area contributed by atoms with Gasteiger partial charge in [-0.1, -0.05) is 25.5 Å². The number of unbranched alkanes of at least 4 members (excludes halogenated alkanes) is 1. The Kier molecular flexibility index (Phi) is 4.76. The molecule has 0 saturated heterocycles. The Labute approximate surface area is 109 Å². The summed E-state index contributed by atoms with van der Waals surface area (Å²) in [6.45, 7) is 5.71. The van der Waals surface area contributed by atoms with Crippen LogP contribution < -0.4 is 0 Å². The number of hydrogen-bond acceptors (Lipinski definition) is 1. The summed E-state index contributed by atoms with van der Waals surface area (Å²) in [5.41, 5.74) is 2.90. The third kappa shape index (κ3) is 3.11. The SMILES string of the molecule is CCCCOCC1CCc2c(ccc(C)c2F)C1. The number of hydrogen-bond donors (Lipinski definition) is 0. The lowest BCUT2D eigenvalue weighted by molar-refractivity contribution is 0.0919. The van der Waals surface area contributed by atoms with E-state index in [1.54, 1.807) is 0 Å². The molecule has 0 heterocycles. The smallest absolute Gasteiger partial charge is 0.129 e. The Morgan fingerprint density at radius 3 is 3.00 bits per heavy atom. The van der Waals surface area contributed by atoms with Crippen LogP contribution in [0.4, 0.5) is 4.39 Å². The van der Waals surface area contributed by atoms with Gasteiger partial charge in [-0.05, 0) is 55.2 Å². The van der Waals surface area contributed by atoms with Gasteiger partial charge in [0.1, 0.15) is 5.82 Å². The standard InChI is InChI=1S/C16H23FO/c1-3-4-9-18-11-13-6-8-15-14(10-13)7-5-12(2)16(15)17/h5,7,13H,3-4,6,8-11H2,1-2H3. The zero-order valence-electron chi connectivity index (χ0n) is 11.5. The van der Waals surface area contributed by atoms with Crippen LogP contribution in [0.3, 0.4) is 0 Å². The first-order valence-corrected chi connectivity index (χ1v) is 7.07. The summed E-state index contributed by atoms with van der Waals surface area (Å²) in [5, 5.41) is 0. The molecule has 100 valence electrons. The molecule has 0 aliphatic heterocycles. The van der Waals surface area contributed by atoms with E-state index in [1.807, 2.05) is 13.0 Å². The van der Waals surface area contributed by atoms with Gasteiger partial charge in [-0.2, -0.15) is 0 Å². The Bertz CT molecular complexity index is 400. The molecule has 1 aromatic carbocycles. The maximum Gasteiger partial charge on any atom is 0.129 e. The summed E-state index contributed by atoms with van der Waals surface area (Å²) >= 11 is 0. The predicted octanol–water partition coefficient (Wildman–Crippen LogP) is 4.06. The second-order valence-electron chi connectivity index (χ2n) is 5.37. The van der Waals surface area contributed by atoms with E-state index in [2.05, 4.69) is 13.0 Å². The molecule has 2 heteroatoms. The molecule has 0 aromatic heterocycles. The van der Waals surface area contributed by atoms with Crippen LogP contribution in [0, 0.1) is 18.7 Å². The minimum atomic E-state index is 0.0119. The Balaban J connectivity index is 1.92. The maximum absolute atomic E-state index is 13.9. The Hall–Kier alpha value is -0.890. The first kappa shape index (κ1) is 13.5. The fraction of sp³-hybridized carbons (Fsp3) is 0.625. The van der Waals surface area contributed by atoms with Gasteiger partial charge in [-0.25, -0.2) is 4.39 Å². The van der Waals surface area contributed by atoms with Crippen molar-refractivity contribution >= 4 is 0 Å². The van der Waals surface area contributed by atoms with Crippen molar-refractivity contribution < 1.29 is 9.13 Å². The normalized spacial score (nSPS) is 18.7. The molecule has 0 fully saturated rings. The summed E-state index contributed by atoms with van der Waals surface area (Å²) in [6.07, 6.45) is 5.21. The van der Waals surface area contributed by atoms with Gasteiger partial charge in [0.25, 0.3) is 0 Å². The molecule has 1 nitrogen and oxygen atoms in total. The third-order valence-electron chi connectivity index (χ3n) is 3.84. The second kappa shape index (κ2) is 6.33. The van der Waals surface area contributed by atoms with Gasteiger partial charge < -0.3 is 4.74 Å². The van der Waals surface area contributed by atoms with E-state index in [9.17, 15) is 4.39 Å². The van der Waals surface area contributed by atoms with Gasteiger partial charge in [-0.15, -0.1) is 0 Å². The van der Waals surface area contributed by atoms with Gasteiger partial charge in [0.2, 0.25) is 0 Å². The predicted molar refractivity (Wildman–Crippen MR) is 72.4 cm³/mol. The van der Waals surface area contributed by atoms with Gasteiger partial charge in [0.05, 0.1) is 0 Å². The fourth-order valence-electron chi connectivity index (χ4n) is 2.64. The minimum Gasteiger partial charge on any atom is -0.381 e. The highest BCUT2D eigenvalue weighted by Gasteiger charge is 2.21. The number of aryl methyl sites for hydroxylation is 1. The van der Waals surface area contributed by atoms with E-state index in [0.717, 1.165) is 50.0 Å². The first-order chi connectivity index (χ1) is 8.72. The van der Waals surface area contributed by atoms with Crippen LogP contribution in [0.2, 0.25) is 0 Å². The summed E-state index contributed by atoms with van der Waals surface area (Å²) in [7, 11) is 0. The molecule has 2 rings (SSSR count). The van der Waals surface area contributed by atoms with Gasteiger partial charge in [0, 0.05) is 13.2 Å². The molecule has 1 unspecified atom stereocenters. The average Bonchev–Trinajstić information content (AvgIpc) is 2.39. The fourth-order valence-corrected chi connectivity index (χ4v) is 2.64. The lowest BCUT2D eigenvalue weighted by Crippen LogP contribution is -2.20. The summed E-state index contributed by atoms with van der Waals surface area (Å²) in [4.78, 5) is 0. The number of rotatable bonds is 5. The van der Waals surface area contributed by atoms with E-state index in [4.69, 9.17) is 4.74 Å². The van der Waals surface area contributed by atoms with Crippen LogP contribution in [0.1, 0.15) is 42.9 Å². The van der Waals surface area contributed by atoms with Crippen molar-refractivity contribution in [3.05, 3.63) is 34.6 Å². The molecule has 0 bridgehead atoms. The Morgan fingerprint density at radius 1 is 1.39 bits per heavy atom. The van der Waals surface area contributed by atoms with Crippen LogP contribution in [0.5, 0.6) is 0 Å². The monoisotopic (exact) mass is 250 g/mol. The van der Waals surface area contributed by atoms with Gasteiger partial charge in [-0.3, -0.25) is 0 Å². The molecule has 1 aliphatic carbocycles. The van der Waals surface area contributed by atoms with Crippen molar-refractivity contribution in [2.45, 2.75) is 46.0 Å². The lowest BCUT2D eigenvalue weighted by Gasteiger charge is -2.25. The molecule has 1 aromatic rings. The van der Waals surface area contributed by atoms with Crippen molar-refractivity contribution in [3.63, 3.8) is 0 Å². The topological polar surface area (TPSA) is 9.23 Å². The van der Waals surface area contributed by atoms with Crippen molar-refractivity contribution in [2.75, 3.05) is 13.2 Å². The maximum atomic E-state index is 13.9. The van der Waals surface area contributed by atoms with Crippen LogP contribution in [0.25, 0.3) is 0 Å². The Morgan fingerprint density at radius 2 is 2.22 bits per heavy atom. The zero-order chi connectivity index (χ0) is 13.0. The summed E-state index contributed by atoms with van der Waals surface area (Å²) in [6, 6.07) is 3.99. The number of fused-ring (bicyclic) bond motifs is 1. The molecule has 1 atom stereocenters. The summed E-state index contributed by atoms with van der Waals surface area (Å²) in [5.74, 6) is 0.578. The molecule has 0 radical (unpaired) electrons. The number of halogens is 1. The lowest BCUT2D eigenvalue weighted by atomic mass is 9.83. The highest BCUT2D eigenvalue weighted by Crippen LogP contribution is 2.29. The van der Waals surface area contributed by atoms with E-state index < -0.39 is 0 Å². The van der Waals surface area contributed by atoms with Gasteiger partial charge >= 0.3 is 0 Å². The largest absolute Gasteiger partial charge is 0.381 e. The molecule has 1 aliphatic rings. The third-order valence-corrected chi connectivity index (χ3v) is 3.84. The summed E-state index contributed by atoms with van der Waals surface area (Å²) < 4.78 is 19.6. The average molecular weight is 250 g/mol. The van der Waals surface area contributed by atoms with E-state index >= 15 is 0 Å². The molecule has 0 N–H and O–H groups in total. The van der Waals surface area contributed by atoms with Crippen LogP contribution >= 0.6 is 0 Å². The highest BCUT2D eigenvalue weighted by molar-refractivity contribution is 5.35. The van der Waals surface area contributed by atoms with Crippen LogP contribution in [-0.4, -0.2) is 13.2 Å². The molecule has 0 amide bonds. The molecular weight excluding hydrogens is 227 g/mol. The van der Waals surface area contributed by atoms with E-state index in [1.165, 1.54) is 12.0 Å². The first-order valence-electron chi connectivity index (χ1n) is 7.07. The van der Waals surface area contributed by atoms with Crippen LogP contribution in [0.15, 0.2) is 12.1 Å². The van der Waals surface area contributed by atoms with Gasteiger partial charge in [0.15, 0.2) is 0 Å². The van der Waals surface area contributed by atoms with Crippen molar-refractivity contribution in [1.82, 2.24) is 0 Å². The van der Waals surface area contributed by atoms with Crippen molar-refractivity contribution in [2.24, 2.45) is 5.92 Å². The highest BCUT2D eigenvalue weighted by atomic mass is 19.1. The minimum absolute atomic E-state index is 0.0119. The van der Waals surface area contributed by atoms with E-state index in [-0.39, 0.29) is 5.82 Å². The number of ether oxygens (including phenoxy) is 1. The van der Waals surface area contributed by atoms with Crippen LogP contribution in [-0.2, 0) is 17.6 Å². The molecule has 18 heavy (non-hydrogen) atoms. The molecular formula is C16H23FO. The quantitative estimate of drug-likeness (QED) is 0.716. The van der Waals surface area contributed by atoms with Crippen molar-refractivity contribution in [3.8, 4) is 0 Å². The molecule has 0 spiro atoms. The van der Waals surface area contributed by atoms with E-state index in [0.29, 0.717) is 5.92 Å². The molecule has 0 saturated carbocycles. The second-order valence-corrected chi connectivity index (χ2v) is 5.37. The zero-order valence-corrected chi connectivity index (χ0v) is 11.5. The number of benzene rings is 1. The van der Waals surface area contributed by atoms with Crippen molar-refractivity contribution in [1.29, 1.82) is 0 Å².